The molecule has 1 aliphatic heterocycles. The molecule has 1 nitrogen and oxygen atoms in total. The summed E-state index contributed by atoms with van der Waals surface area (Å²) in [4.78, 5) is 0. The Hall–Kier alpha value is -0.833. The van der Waals surface area contributed by atoms with Gasteiger partial charge in [-0.25, -0.2) is 0 Å². The lowest BCUT2D eigenvalue weighted by Gasteiger charge is -2.34. The fraction of sp³-hybridized carbons (Fsp3) is 0.400. The Labute approximate surface area is 80.6 Å². The molecular formula is C10H14FNSi. The first-order valence-electron chi connectivity index (χ1n) is 4.73. The molecule has 0 aliphatic carbocycles. The monoisotopic (exact) mass is 195 g/mol. The van der Waals surface area contributed by atoms with Crippen molar-refractivity contribution in [2.75, 3.05) is 4.57 Å². The zero-order valence-corrected chi connectivity index (χ0v) is 9.25. The highest BCUT2D eigenvalue weighted by molar-refractivity contribution is 6.33. The van der Waals surface area contributed by atoms with Crippen LogP contribution in [0.5, 0.6) is 0 Å². The number of rotatable bonds is 1. The molecule has 0 saturated heterocycles. The van der Waals surface area contributed by atoms with Gasteiger partial charge in [-0.2, -0.15) is 0 Å². The van der Waals surface area contributed by atoms with E-state index in [1.807, 2.05) is 22.8 Å². The van der Waals surface area contributed by atoms with Crippen LogP contribution < -0.4 is 4.57 Å². The molecule has 0 amide bonds. The minimum Gasteiger partial charge on any atom is -0.375 e. The average Bonchev–Trinajstić information content (AvgIpc) is 2.18. The van der Waals surface area contributed by atoms with Gasteiger partial charge in [0.15, 0.2) is 0 Å². The van der Waals surface area contributed by atoms with Crippen molar-refractivity contribution < 1.29 is 4.11 Å². The Balaban J connectivity index is 2.39. The second kappa shape index (κ2) is 3.50. The molecule has 13 heavy (non-hydrogen) atoms. The lowest BCUT2D eigenvalue weighted by atomic mass is 9.99. The van der Waals surface area contributed by atoms with Crippen LogP contribution in [0.4, 0.5) is 9.80 Å². The van der Waals surface area contributed by atoms with Gasteiger partial charge in [-0.1, -0.05) is 18.2 Å². The summed E-state index contributed by atoms with van der Waals surface area (Å²) in [6, 6.07) is 8.57. The van der Waals surface area contributed by atoms with E-state index in [9.17, 15) is 4.11 Å². The highest BCUT2D eigenvalue weighted by Gasteiger charge is 2.21. The number of para-hydroxylation sites is 1. The van der Waals surface area contributed by atoms with Crippen LogP contribution in [0.15, 0.2) is 24.3 Å². The highest BCUT2D eigenvalue weighted by Crippen LogP contribution is 2.29. The summed E-state index contributed by atoms with van der Waals surface area (Å²) in [5.41, 5.74) is 2.45. The first-order chi connectivity index (χ1) is 6.33. The van der Waals surface area contributed by atoms with Crippen molar-refractivity contribution in [1.29, 1.82) is 0 Å². The molecule has 0 radical (unpaired) electrons. The van der Waals surface area contributed by atoms with Crippen LogP contribution in [0, 0.1) is 0 Å². The van der Waals surface area contributed by atoms with Gasteiger partial charge >= 0.3 is 10.0 Å². The molecule has 1 atom stereocenters. The Morgan fingerprint density at radius 1 is 1.46 bits per heavy atom. The first-order valence-corrected chi connectivity index (χ1v) is 5.90. The quantitative estimate of drug-likeness (QED) is 0.488. The van der Waals surface area contributed by atoms with Gasteiger partial charge < -0.3 is 4.57 Å². The van der Waals surface area contributed by atoms with E-state index >= 15 is 0 Å². The van der Waals surface area contributed by atoms with E-state index in [0.29, 0.717) is 6.04 Å². The lowest BCUT2D eigenvalue weighted by Crippen LogP contribution is -2.38. The number of nitrogens with zero attached hydrogens (tertiary/aromatic N) is 1. The van der Waals surface area contributed by atoms with Crippen molar-refractivity contribution in [3.8, 4) is 0 Å². The van der Waals surface area contributed by atoms with Gasteiger partial charge in [0.05, 0.1) is 0 Å². The van der Waals surface area contributed by atoms with Gasteiger partial charge in [-0.05, 0) is 31.4 Å². The molecule has 0 saturated carbocycles. The van der Waals surface area contributed by atoms with Crippen LogP contribution in [0.2, 0.25) is 0 Å². The summed E-state index contributed by atoms with van der Waals surface area (Å²) < 4.78 is 14.8. The molecule has 1 aromatic rings. The van der Waals surface area contributed by atoms with Crippen LogP contribution in [0.25, 0.3) is 0 Å². The summed E-state index contributed by atoms with van der Waals surface area (Å²) in [6.45, 7) is 2.11. The topological polar surface area (TPSA) is 3.24 Å². The van der Waals surface area contributed by atoms with Crippen molar-refractivity contribution in [1.82, 2.24) is 0 Å². The summed E-state index contributed by atoms with van der Waals surface area (Å²) in [7, 11) is -1.55. The molecule has 1 unspecified atom stereocenters. The van der Waals surface area contributed by atoms with Crippen LogP contribution in [-0.2, 0) is 6.42 Å². The van der Waals surface area contributed by atoms with E-state index < -0.39 is 10.0 Å². The number of anilines is 1. The molecule has 3 heteroatoms. The maximum absolute atomic E-state index is 12.9. The number of fused-ring (bicyclic) bond motifs is 1. The largest absolute Gasteiger partial charge is 0.375 e. The molecule has 2 rings (SSSR count). The van der Waals surface area contributed by atoms with E-state index in [-0.39, 0.29) is 0 Å². The number of halogens is 1. The summed E-state index contributed by atoms with van der Waals surface area (Å²) in [6.07, 6.45) is 2.19. The third-order valence-corrected chi connectivity index (χ3v) is 4.01. The summed E-state index contributed by atoms with van der Waals surface area (Å²) in [5, 5.41) is 0. The maximum Gasteiger partial charge on any atom is 0.319 e. The molecule has 1 aromatic carbocycles. The predicted octanol–water partition coefficient (Wildman–Crippen LogP) is 1.80. The zero-order chi connectivity index (χ0) is 9.26. The minimum absolute atomic E-state index is 0.395. The van der Waals surface area contributed by atoms with Gasteiger partial charge in [0.1, 0.15) is 0 Å². The molecule has 1 aliphatic rings. The number of benzene rings is 1. The fourth-order valence-corrected chi connectivity index (χ4v) is 2.80. The van der Waals surface area contributed by atoms with E-state index in [1.54, 1.807) is 0 Å². The normalized spacial score (nSPS) is 22.3. The fourth-order valence-electron chi connectivity index (χ4n) is 1.94. The Morgan fingerprint density at radius 3 is 3.00 bits per heavy atom. The number of aryl methyl sites for hydroxylation is 1. The smallest absolute Gasteiger partial charge is 0.319 e. The van der Waals surface area contributed by atoms with Crippen LogP contribution in [0.1, 0.15) is 18.9 Å². The molecule has 0 aromatic heterocycles. The first kappa shape index (κ1) is 8.75. The second-order valence-electron chi connectivity index (χ2n) is 3.61. The number of hydrogen-bond donors (Lipinski definition) is 0. The van der Waals surface area contributed by atoms with Gasteiger partial charge in [0.25, 0.3) is 0 Å². The zero-order valence-electron chi connectivity index (χ0n) is 7.83. The SMILES string of the molecule is CC1CCc2ccccc2N1[SiH2]F. The molecule has 0 spiro atoms. The van der Waals surface area contributed by atoms with Crippen LogP contribution >= 0.6 is 0 Å². The van der Waals surface area contributed by atoms with Gasteiger partial charge in [-0.3, -0.25) is 4.11 Å². The van der Waals surface area contributed by atoms with E-state index in [1.165, 1.54) is 5.56 Å². The Morgan fingerprint density at radius 2 is 2.23 bits per heavy atom. The predicted molar refractivity (Wildman–Crippen MR) is 56.4 cm³/mol. The second-order valence-corrected chi connectivity index (χ2v) is 4.53. The summed E-state index contributed by atoms with van der Waals surface area (Å²) >= 11 is 0. The third-order valence-electron chi connectivity index (χ3n) is 2.79. The maximum atomic E-state index is 12.9. The van der Waals surface area contributed by atoms with Gasteiger partial charge in [0.2, 0.25) is 0 Å². The molecule has 0 bridgehead atoms. The van der Waals surface area contributed by atoms with Gasteiger partial charge in [-0.15, -0.1) is 0 Å². The standard InChI is InChI=1S/C10H14FNSi/c1-8-6-7-9-4-2-3-5-10(9)12(8)13-11/h2-5,8H,6-7,13H2,1H3. The minimum atomic E-state index is -1.55. The van der Waals surface area contributed by atoms with Crippen molar-refractivity contribution in [3.05, 3.63) is 29.8 Å². The van der Waals surface area contributed by atoms with E-state index in [0.717, 1.165) is 18.5 Å². The molecule has 70 valence electrons. The van der Waals surface area contributed by atoms with Gasteiger partial charge in [0, 0.05) is 11.7 Å². The summed E-state index contributed by atoms with van der Waals surface area (Å²) in [5.74, 6) is 0. The van der Waals surface area contributed by atoms with E-state index in [2.05, 4.69) is 13.0 Å². The molecule has 1 heterocycles. The van der Waals surface area contributed by atoms with Crippen molar-refractivity contribution in [2.24, 2.45) is 0 Å². The van der Waals surface area contributed by atoms with Crippen molar-refractivity contribution >= 4 is 15.7 Å². The Bertz CT molecular complexity index is 303. The average molecular weight is 195 g/mol. The van der Waals surface area contributed by atoms with E-state index in [4.69, 9.17) is 0 Å². The van der Waals surface area contributed by atoms with Crippen molar-refractivity contribution in [2.45, 2.75) is 25.8 Å². The molecule has 0 N–H and O–H groups in total. The highest BCUT2D eigenvalue weighted by atomic mass is 28.3. The molecular weight excluding hydrogens is 181 g/mol. The lowest BCUT2D eigenvalue weighted by molar-refractivity contribution is 0.621. The Kier molecular flexibility index (Phi) is 2.35. The van der Waals surface area contributed by atoms with Crippen molar-refractivity contribution in [3.63, 3.8) is 0 Å². The van der Waals surface area contributed by atoms with Crippen LogP contribution in [0.3, 0.4) is 0 Å². The van der Waals surface area contributed by atoms with Crippen LogP contribution in [-0.4, -0.2) is 16.1 Å². The molecule has 0 fully saturated rings. The number of hydrogen-bond acceptors (Lipinski definition) is 1. The third kappa shape index (κ3) is 1.48.